The van der Waals surface area contributed by atoms with Crippen LogP contribution in [0.25, 0.3) is 0 Å². The molecule has 0 aromatic heterocycles. The van der Waals surface area contributed by atoms with E-state index in [1.807, 2.05) is 48.5 Å². The quantitative estimate of drug-likeness (QED) is 0.296. The summed E-state index contributed by atoms with van der Waals surface area (Å²) in [5, 5.41) is 22.3. The number of carbonyl (C=O) groups is 3. The maximum absolute atomic E-state index is 13.9. The van der Waals surface area contributed by atoms with Crippen LogP contribution in [0.4, 0.5) is 11.4 Å². The average molecular weight is 600 g/mol. The molecule has 1 saturated heterocycles. The van der Waals surface area contributed by atoms with Gasteiger partial charge < -0.3 is 24.9 Å². The molecule has 3 aromatic rings. The molecule has 0 bridgehead atoms. The number of benzene rings is 3. The van der Waals surface area contributed by atoms with E-state index in [1.54, 1.807) is 52.0 Å². The molecule has 3 heterocycles. The Morgan fingerprint density at radius 1 is 1.09 bits per heavy atom. The van der Waals surface area contributed by atoms with E-state index in [0.717, 1.165) is 22.4 Å². The van der Waals surface area contributed by atoms with Crippen molar-refractivity contribution in [3.63, 3.8) is 0 Å². The largest absolute Gasteiger partial charge is 0.394 e. The second-order valence-corrected chi connectivity index (χ2v) is 12.0. The van der Waals surface area contributed by atoms with E-state index < -0.39 is 17.4 Å². The Kier molecular flexibility index (Phi) is 7.85. The van der Waals surface area contributed by atoms with Crippen molar-refractivity contribution in [1.29, 1.82) is 0 Å². The van der Waals surface area contributed by atoms with E-state index in [9.17, 15) is 24.6 Å². The van der Waals surface area contributed by atoms with Gasteiger partial charge in [-0.15, -0.1) is 0 Å². The lowest BCUT2D eigenvalue weighted by Gasteiger charge is -2.36. The summed E-state index contributed by atoms with van der Waals surface area (Å²) in [6.07, 6.45) is 4.62. The molecule has 9 heteroatoms. The van der Waals surface area contributed by atoms with Gasteiger partial charge >= 0.3 is 0 Å². The Morgan fingerprint density at radius 3 is 2.51 bits per heavy atom. The van der Waals surface area contributed by atoms with Gasteiger partial charge in [0.05, 0.1) is 24.9 Å². The zero-order valence-corrected chi connectivity index (χ0v) is 24.7. The molecular weight excluding hydrogens is 566 g/mol. The number of aliphatic hydroxyl groups is 2. The van der Waals surface area contributed by atoms with Gasteiger partial charge in [-0.05, 0) is 53.4 Å². The smallest absolute Gasteiger partial charge is 0.264 e. The van der Waals surface area contributed by atoms with Crippen molar-refractivity contribution in [2.45, 2.75) is 50.9 Å². The molecule has 8 nitrogen and oxygen atoms in total. The summed E-state index contributed by atoms with van der Waals surface area (Å²) in [4.78, 5) is 43.9. The van der Waals surface area contributed by atoms with E-state index in [2.05, 4.69) is 0 Å². The second-order valence-electron chi connectivity index (χ2n) is 11.5. The van der Waals surface area contributed by atoms with Crippen molar-refractivity contribution in [1.82, 2.24) is 4.90 Å². The van der Waals surface area contributed by atoms with Gasteiger partial charge in [-0.2, -0.15) is 0 Å². The number of aliphatic hydroxyl groups excluding tert-OH is 1. The molecule has 0 saturated carbocycles. The Balaban J connectivity index is 1.18. The van der Waals surface area contributed by atoms with Gasteiger partial charge in [0.15, 0.2) is 5.60 Å². The average Bonchev–Trinajstić information content (AvgIpc) is 3.22. The number of anilines is 2. The number of carbonyl (C=O) groups excluding carboxylic acids is 3. The topological polar surface area (TPSA) is 101 Å². The molecule has 0 aliphatic carbocycles. The SMILES string of the molecule is C[C@@H](/C=C/CC(=O)N1Cc2ccccc2C[C@H]1CO)[C@]1(O)C(=O)N(Cc2ccc(N3CCC3=O)cc2)c2ccc(Cl)cc21. The normalized spacial score (nSPS) is 22.0. The minimum absolute atomic E-state index is 0.0747. The highest BCUT2D eigenvalue weighted by atomic mass is 35.5. The number of hydrogen-bond acceptors (Lipinski definition) is 5. The molecule has 0 unspecified atom stereocenters. The fourth-order valence-electron chi connectivity index (χ4n) is 6.30. The van der Waals surface area contributed by atoms with E-state index in [1.165, 1.54) is 0 Å². The molecule has 222 valence electrons. The third kappa shape index (κ3) is 5.24. The molecule has 0 radical (unpaired) electrons. The van der Waals surface area contributed by atoms with Gasteiger partial charge in [-0.3, -0.25) is 14.4 Å². The summed E-state index contributed by atoms with van der Waals surface area (Å²) in [7, 11) is 0. The molecule has 0 spiro atoms. The lowest BCUT2D eigenvalue weighted by Crippen LogP contribution is -2.46. The number of halogens is 1. The first-order chi connectivity index (χ1) is 20.7. The molecule has 6 rings (SSSR count). The van der Waals surface area contributed by atoms with E-state index >= 15 is 0 Å². The van der Waals surface area contributed by atoms with E-state index in [-0.39, 0.29) is 37.4 Å². The van der Waals surface area contributed by atoms with Crippen molar-refractivity contribution in [2.75, 3.05) is 23.0 Å². The fraction of sp³-hybridized carbons (Fsp3) is 0.324. The molecular formula is C34H34ClN3O5. The Labute approximate surface area is 255 Å². The number of β-lactam (4-membered cyclic amide) rings is 1. The van der Waals surface area contributed by atoms with Gasteiger partial charge in [0.2, 0.25) is 11.8 Å². The lowest BCUT2D eigenvalue weighted by molar-refractivity contribution is -0.139. The number of rotatable bonds is 8. The molecule has 2 N–H and O–H groups in total. The first kappa shape index (κ1) is 29.1. The van der Waals surface area contributed by atoms with Gasteiger partial charge in [0.25, 0.3) is 5.91 Å². The molecule has 3 aliphatic heterocycles. The van der Waals surface area contributed by atoms with Crippen LogP contribution in [0.2, 0.25) is 5.02 Å². The summed E-state index contributed by atoms with van der Waals surface area (Å²) < 4.78 is 0. The van der Waals surface area contributed by atoms with Gasteiger partial charge in [-0.25, -0.2) is 0 Å². The van der Waals surface area contributed by atoms with Crippen LogP contribution in [0.3, 0.4) is 0 Å². The minimum Gasteiger partial charge on any atom is -0.394 e. The maximum atomic E-state index is 13.9. The summed E-state index contributed by atoms with van der Waals surface area (Å²) in [6, 6.07) is 20.2. The van der Waals surface area contributed by atoms with Crippen LogP contribution in [-0.4, -0.2) is 52.0 Å². The molecule has 1 fully saturated rings. The number of fused-ring (bicyclic) bond motifs is 2. The van der Waals surface area contributed by atoms with Crippen LogP contribution in [0.15, 0.2) is 78.9 Å². The van der Waals surface area contributed by atoms with Crippen molar-refractivity contribution >= 4 is 40.7 Å². The highest BCUT2D eigenvalue weighted by Crippen LogP contribution is 2.46. The monoisotopic (exact) mass is 599 g/mol. The van der Waals surface area contributed by atoms with Crippen molar-refractivity contribution < 1.29 is 24.6 Å². The predicted octanol–water partition coefficient (Wildman–Crippen LogP) is 4.34. The van der Waals surface area contributed by atoms with Crippen LogP contribution < -0.4 is 9.80 Å². The summed E-state index contributed by atoms with van der Waals surface area (Å²) >= 11 is 6.32. The summed E-state index contributed by atoms with van der Waals surface area (Å²) in [5.74, 6) is -1.17. The minimum atomic E-state index is -1.87. The van der Waals surface area contributed by atoms with E-state index in [0.29, 0.717) is 42.2 Å². The third-order valence-electron chi connectivity index (χ3n) is 8.93. The first-order valence-corrected chi connectivity index (χ1v) is 15.0. The summed E-state index contributed by atoms with van der Waals surface area (Å²) in [5.41, 5.74) is 3.01. The second kappa shape index (κ2) is 11.6. The van der Waals surface area contributed by atoms with Gasteiger partial charge in [-0.1, -0.05) is 67.1 Å². The zero-order chi connectivity index (χ0) is 30.3. The van der Waals surface area contributed by atoms with Crippen LogP contribution >= 0.6 is 11.6 Å². The van der Waals surface area contributed by atoms with Crippen LogP contribution in [0.5, 0.6) is 0 Å². The maximum Gasteiger partial charge on any atom is 0.264 e. The molecule has 43 heavy (non-hydrogen) atoms. The van der Waals surface area contributed by atoms with Crippen LogP contribution in [0.1, 0.15) is 42.0 Å². The summed E-state index contributed by atoms with van der Waals surface area (Å²) in [6.45, 7) is 3.00. The fourth-order valence-corrected chi connectivity index (χ4v) is 6.47. The zero-order valence-electron chi connectivity index (χ0n) is 23.9. The molecule has 3 aromatic carbocycles. The van der Waals surface area contributed by atoms with E-state index in [4.69, 9.17) is 11.6 Å². The molecule has 3 aliphatic rings. The van der Waals surface area contributed by atoms with Crippen molar-refractivity contribution in [2.24, 2.45) is 5.92 Å². The van der Waals surface area contributed by atoms with Crippen molar-refractivity contribution in [3.05, 3.63) is 106 Å². The van der Waals surface area contributed by atoms with Crippen LogP contribution in [-0.2, 0) is 39.5 Å². The Morgan fingerprint density at radius 2 is 1.84 bits per heavy atom. The molecule has 3 atom stereocenters. The Hall–Kier alpha value is -3.98. The first-order valence-electron chi connectivity index (χ1n) is 14.6. The highest BCUT2D eigenvalue weighted by molar-refractivity contribution is 6.31. The lowest BCUT2D eigenvalue weighted by atomic mass is 9.83. The number of nitrogens with zero attached hydrogens (tertiary/aromatic N) is 3. The van der Waals surface area contributed by atoms with Gasteiger partial charge in [0, 0.05) is 48.1 Å². The predicted molar refractivity (Wildman–Crippen MR) is 164 cm³/mol. The number of hydrogen-bond donors (Lipinski definition) is 2. The molecule has 3 amide bonds. The Bertz CT molecular complexity index is 1610. The van der Waals surface area contributed by atoms with Gasteiger partial charge in [0.1, 0.15) is 0 Å². The van der Waals surface area contributed by atoms with Crippen molar-refractivity contribution in [3.8, 4) is 0 Å². The number of amides is 3. The van der Waals surface area contributed by atoms with Crippen LogP contribution in [0, 0.1) is 5.92 Å². The highest BCUT2D eigenvalue weighted by Gasteiger charge is 2.52. The standard InChI is InChI=1S/C34H34ClN3O5/c1-22(5-4-8-31(40)37-20-25-7-3-2-6-24(25)17-28(37)21-39)34(43)29-18-26(35)11-14-30(29)38(33(34)42)19-23-9-12-27(13-10-23)36-16-15-32(36)41/h2-7,9-14,18,22,28,39,43H,8,15-17,19-21H2,1H3/b5-4+/t22-,28-,34+/m0/s1. The third-order valence-corrected chi connectivity index (χ3v) is 9.17.